The van der Waals surface area contributed by atoms with Gasteiger partial charge in [0.25, 0.3) is 0 Å². The molecule has 0 unspecified atom stereocenters. The quantitative estimate of drug-likeness (QED) is 0.602. The first-order valence-electron chi connectivity index (χ1n) is 5.49. The van der Waals surface area contributed by atoms with Gasteiger partial charge >= 0.3 is 5.97 Å². The highest BCUT2D eigenvalue weighted by molar-refractivity contribution is 9.10. The molecular weight excluding hydrogens is 338 g/mol. The van der Waals surface area contributed by atoms with Crippen LogP contribution in [0.25, 0.3) is 0 Å². The number of hydrogen-bond donors (Lipinski definition) is 2. The summed E-state index contributed by atoms with van der Waals surface area (Å²) in [5.41, 5.74) is 0.0539. The van der Waals surface area contributed by atoms with Crippen LogP contribution in [0.1, 0.15) is 13.3 Å². The van der Waals surface area contributed by atoms with Crippen molar-refractivity contribution in [3.63, 3.8) is 0 Å². The Morgan fingerprint density at radius 3 is 2.79 bits per heavy atom. The lowest BCUT2D eigenvalue weighted by atomic mass is 10.3. The first-order chi connectivity index (χ1) is 8.85. The van der Waals surface area contributed by atoms with Gasteiger partial charge in [0.1, 0.15) is 0 Å². The van der Waals surface area contributed by atoms with Gasteiger partial charge in [0.15, 0.2) is 5.75 Å². The van der Waals surface area contributed by atoms with Gasteiger partial charge in [0, 0.05) is 0 Å². The number of esters is 1. The minimum absolute atomic E-state index is 0.0539. The molecule has 6 nitrogen and oxygen atoms in total. The average Bonchev–Trinajstić information content (AvgIpc) is 2.33. The van der Waals surface area contributed by atoms with Gasteiger partial charge < -0.3 is 9.84 Å². The third-order valence-corrected chi connectivity index (χ3v) is 4.04. The number of phenols is 1. The SMILES string of the molecule is CCOC(=O)CCS(=O)(=O)Nc1cccc(Br)c1O. The first-order valence-corrected chi connectivity index (χ1v) is 7.94. The summed E-state index contributed by atoms with van der Waals surface area (Å²) < 4.78 is 30.7. The summed E-state index contributed by atoms with van der Waals surface area (Å²) >= 11 is 3.08. The van der Waals surface area contributed by atoms with Crippen LogP contribution in [0.2, 0.25) is 0 Å². The monoisotopic (exact) mass is 351 g/mol. The second-order valence-electron chi connectivity index (χ2n) is 3.61. The van der Waals surface area contributed by atoms with Crippen molar-refractivity contribution < 1.29 is 23.1 Å². The summed E-state index contributed by atoms with van der Waals surface area (Å²) in [6.07, 6.45) is -0.238. The van der Waals surface area contributed by atoms with Crippen molar-refractivity contribution in [3.8, 4) is 5.75 Å². The van der Waals surface area contributed by atoms with Gasteiger partial charge in [0.2, 0.25) is 10.0 Å². The predicted octanol–water partition coefficient (Wildman–Crippen LogP) is 1.85. The molecule has 0 fully saturated rings. The summed E-state index contributed by atoms with van der Waals surface area (Å²) in [4.78, 5) is 11.1. The van der Waals surface area contributed by atoms with E-state index >= 15 is 0 Å². The molecule has 0 bridgehead atoms. The molecule has 0 spiro atoms. The molecule has 8 heteroatoms. The number of anilines is 1. The van der Waals surface area contributed by atoms with E-state index in [-0.39, 0.29) is 24.5 Å². The van der Waals surface area contributed by atoms with E-state index in [4.69, 9.17) is 0 Å². The molecule has 1 rings (SSSR count). The zero-order valence-electron chi connectivity index (χ0n) is 10.2. The van der Waals surface area contributed by atoms with Crippen molar-refractivity contribution in [2.75, 3.05) is 17.1 Å². The highest BCUT2D eigenvalue weighted by Gasteiger charge is 2.16. The fraction of sp³-hybridized carbons (Fsp3) is 0.364. The molecule has 0 heterocycles. The Hall–Kier alpha value is -1.28. The number of ether oxygens (including phenoxy) is 1. The molecular formula is C11H14BrNO5S. The Morgan fingerprint density at radius 1 is 1.47 bits per heavy atom. The zero-order chi connectivity index (χ0) is 14.5. The van der Waals surface area contributed by atoms with E-state index in [9.17, 15) is 18.3 Å². The molecule has 0 aliphatic carbocycles. The van der Waals surface area contributed by atoms with Crippen molar-refractivity contribution in [1.29, 1.82) is 0 Å². The van der Waals surface area contributed by atoms with Crippen LogP contribution < -0.4 is 4.72 Å². The van der Waals surface area contributed by atoms with E-state index in [1.54, 1.807) is 19.1 Å². The first kappa shape index (κ1) is 15.8. The normalized spacial score (nSPS) is 11.1. The van der Waals surface area contributed by atoms with Gasteiger partial charge in [-0.05, 0) is 35.0 Å². The summed E-state index contributed by atoms with van der Waals surface area (Å²) in [5, 5.41) is 9.66. The second-order valence-corrected chi connectivity index (χ2v) is 6.31. The van der Waals surface area contributed by atoms with E-state index in [0.29, 0.717) is 4.47 Å². The third-order valence-electron chi connectivity index (χ3n) is 2.13. The third kappa shape index (κ3) is 5.07. The van der Waals surface area contributed by atoms with Crippen LogP contribution in [0.3, 0.4) is 0 Å². The number of carbonyl (C=O) groups is 1. The van der Waals surface area contributed by atoms with Crippen LogP contribution in [-0.2, 0) is 19.6 Å². The largest absolute Gasteiger partial charge is 0.505 e. The van der Waals surface area contributed by atoms with Crippen molar-refractivity contribution in [3.05, 3.63) is 22.7 Å². The molecule has 0 aliphatic rings. The van der Waals surface area contributed by atoms with E-state index < -0.39 is 21.7 Å². The number of aromatic hydroxyl groups is 1. The molecule has 0 saturated heterocycles. The van der Waals surface area contributed by atoms with Crippen molar-refractivity contribution >= 4 is 37.6 Å². The molecule has 106 valence electrons. The van der Waals surface area contributed by atoms with Gasteiger partial charge in [-0.25, -0.2) is 8.42 Å². The van der Waals surface area contributed by atoms with Crippen LogP contribution in [0.5, 0.6) is 5.75 Å². The number of hydrogen-bond acceptors (Lipinski definition) is 5. The van der Waals surface area contributed by atoms with Gasteiger partial charge in [-0.1, -0.05) is 6.07 Å². The van der Waals surface area contributed by atoms with Crippen LogP contribution in [0, 0.1) is 0 Å². The molecule has 0 atom stereocenters. The van der Waals surface area contributed by atoms with E-state index in [0.717, 1.165) is 0 Å². The average molecular weight is 352 g/mol. The summed E-state index contributed by atoms with van der Waals surface area (Å²) in [7, 11) is -3.72. The highest BCUT2D eigenvalue weighted by Crippen LogP contribution is 2.32. The Kier molecular flexibility index (Phi) is 5.61. The fourth-order valence-corrected chi connectivity index (χ4v) is 2.67. The smallest absolute Gasteiger partial charge is 0.306 e. The predicted molar refractivity (Wildman–Crippen MR) is 74.5 cm³/mol. The summed E-state index contributed by atoms with van der Waals surface area (Å²) in [6.45, 7) is 1.85. The van der Waals surface area contributed by atoms with Crippen LogP contribution >= 0.6 is 15.9 Å². The lowest BCUT2D eigenvalue weighted by Gasteiger charge is -2.10. The lowest BCUT2D eigenvalue weighted by molar-refractivity contribution is -0.142. The lowest BCUT2D eigenvalue weighted by Crippen LogP contribution is -2.20. The molecule has 1 aromatic rings. The molecule has 1 aromatic carbocycles. The summed E-state index contributed by atoms with van der Waals surface area (Å²) in [6, 6.07) is 4.57. The number of benzene rings is 1. The number of carbonyl (C=O) groups excluding carboxylic acids is 1. The molecule has 0 amide bonds. The van der Waals surface area contributed by atoms with Crippen LogP contribution in [0.15, 0.2) is 22.7 Å². The number of nitrogens with one attached hydrogen (secondary N) is 1. The van der Waals surface area contributed by atoms with E-state index in [2.05, 4.69) is 25.4 Å². The van der Waals surface area contributed by atoms with Gasteiger partial charge in [-0.2, -0.15) is 0 Å². The number of para-hydroxylation sites is 1. The molecule has 0 saturated carbocycles. The Labute approximate surface area is 120 Å². The van der Waals surface area contributed by atoms with Crippen molar-refractivity contribution in [1.82, 2.24) is 0 Å². The molecule has 0 aromatic heterocycles. The maximum atomic E-state index is 11.7. The number of phenolic OH excluding ortho intramolecular Hbond substituents is 1. The zero-order valence-corrected chi connectivity index (χ0v) is 12.6. The van der Waals surface area contributed by atoms with Crippen LogP contribution in [0.4, 0.5) is 5.69 Å². The van der Waals surface area contributed by atoms with Crippen LogP contribution in [-0.4, -0.2) is 31.9 Å². The van der Waals surface area contributed by atoms with Gasteiger partial charge in [0.05, 0.1) is 28.9 Å². The molecule has 2 N–H and O–H groups in total. The maximum Gasteiger partial charge on any atom is 0.306 e. The second kappa shape index (κ2) is 6.76. The van der Waals surface area contributed by atoms with E-state index in [1.807, 2.05) is 0 Å². The maximum absolute atomic E-state index is 11.7. The number of halogens is 1. The fourth-order valence-electron chi connectivity index (χ4n) is 1.27. The van der Waals surface area contributed by atoms with Crippen molar-refractivity contribution in [2.45, 2.75) is 13.3 Å². The van der Waals surface area contributed by atoms with Gasteiger partial charge in [-0.3, -0.25) is 9.52 Å². The Bertz CT molecular complexity index is 558. The number of rotatable bonds is 6. The minimum atomic E-state index is -3.72. The molecule has 0 aliphatic heterocycles. The van der Waals surface area contributed by atoms with Gasteiger partial charge in [-0.15, -0.1) is 0 Å². The highest BCUT2D eigenvalue weighted by atomic mass is 79.9. The Balaban J connectivity index is 2.69. The molecule has 19 heavy (non-hydrogen) atoms. The number of sulfonamides is 1. The minimum Gasteiger partial charge on any atom is -0.505 e. The summed E-state index contributed by atoms with van der Waals surface area (Å²) in [5.74, 6) is -1.19. The topological polar surface area (TPSA) is 92.7 Å². The Morgan fingerprint density at radius 2 is 2.16 bits per heavy atom. The molecule has 0 radical (unpaired) electrons. The van der Waals surface area contributed by atoms with Crippen molar-refractivity contribution in [2.24, 2.45) is 0 Å². The van der Waals surface area contributed by atoms with E-state index in [1.165, 1.54) is 6.07 Å². The standard InChI is InChI=1S/C11H14BrNO5S/c1-2-18-10(14)6-7-19(16,17)13-9-5-3-4-8(12)11(9)15/h3-5,13,15H,2,6-7H2,1H3.